The molecule has 0 bridgehead atoms. The van der Waals surface area contributed by atoms with E-state index in [1.54, 1.807) is 28.8 Å². The maximum absolute atomic E-state index is 14.8. The number of hydrogen-bond acceptors (Lipinski definition) is 5. The van der Waals surface area contributed by atoms with Gasteiger partial charge in [-0.3, -0.25) is 9.59 Å². The molecule has 1 atom stereocenters. The van der Waals surface area contributed by atoms with Crippen LogP contribution in [0, 0.1) is 11.7 Å². The standard InChI is InChI=1S/C26H27ClFN3O5/c1-14(2)22(13-32)31-11-18(26(35)36)25(34)17-9-16(8-15-4-3-5-19(27)24(15)28)20(10-21(17)31)30-7-6-29-23(33)12-30/h3-5,9-11,14,22,32H,6-8,12-13H2,1-2H3,(H,29,33)(H,35,36)/t22-/m1/s1. The van der Waals surface area contributed by atoms with E-state index in [4.69, 9.17) is 11.6 Å². The molecule has 3 aromatic rings. The number of aromatic carboxylic acids is 1. The predicted octanol–water partition coefficient (Wildman–Crippen LogP) is 3.21. The topological polar surface area (TPSA) is 112 Å². The van der Waals surface area contributed by atoms with Crippen molar-refractivity contribution in [2.45, 2.75) is 26.3 Å². The van der Waals surface area contributed by atoms with Gasteiger partial charge in [-0.1, -0.05) is 37.6 Å². The Balaban J connectivity index is 2.03. The number of carbonyl (C=O) groups is 2. The van der Waals surface area contributed by atoms with E-state index in [0.29, 0.717) is 35.4 Å². The number of carboxylic acids is 1. The van der Waals surface area contributed by atoms with Crippen LogP contribution in [0.25, 0.3) is 10.9 Å². The van der Waals surface area contributed by atoms with Crippen molar-refractivity contribution in [3.63, 3.8) is 0 Å². The first-order valence-electron chi connectivity index (χ1n) is 11.6. The second kappa shape index (κ2) is 10.3. The van der Waals surface area contributed by atoms with Crippen LogP contribution in [0.2, 0.25) is 5.02 Å². The van der Waals surface area contributed by atoms with Gasteiger partial charge in [-0.2, -0.15) is 0 Å². The van der Waals surface area contributed by atoms with Crippen LogP contribution >= 0.6 is 11.6 Å². The molecule has 0 spiro atoms. The van der Waals surface area contributed by atoms with Crippen molar-refractivity contribution < 1.29 is 24.2 Å². The number of nitrogens with one attached hydrogen (secondary N) is 1. The molecular weight excluding hydrogens is 489 g/mol. The fourth-order valence-corrected chi connectivity index (χ4v) is 4.84. The molecule has 190 valence electrons. The highest BCUT2D eigenvalue weighted by molar-refractivity contribution is 6.30. The number of piperazine rings is 1. The predicted molar refractivity (Wildman–Crippen MR) is 136 cm³/mol. The molecule has 36 heavy (non-hydrogen) atoms. The van der Waals surface area contributed by atoms with Gasteiger partial charge in [-0.25, -0.2) is 9.18 Å². The van der Waals surface area contributed by atoms with E-state index in [1.165, 1.54) is 12.3 Å². The van der Waals surface area contributed by atoms with Gasteiger partial charge in [0.25, 0.3) is 0 Å². The molecule has 4 rings (SSSR count). The highest BCUT2D eigenvalue weighted by Crippen LogP contribution is 2.32. The number of anilines is 1. The minimum atomic E-state index is -1.38. The van der Waals surface area contributed by atoms with E-state index in [2.05, 4.69) is 5.32 Å². The Morgan fingerprint density at radius 1 is 1.22 bits per heavy atom. The van der Waals surface area contributed by atoms with Gasteiger partial charge >= 0.3 is 5.97 Å². The SMILES string of the molecule is CC(C)[C@@H](CO)n1cc(C(=O)O)c(=O)c2cc(Cc3cccc(Cl)c3F)c(N3CCNC(=O)C3)cc21. The smallest absolute Gasteiger partial charge is 0.341 e. The molecule has 3 N–H and O–H groups in total. The van der Waals surface area contributed by atoms with E-state index in [1.807, 2.05) is 18.7 Å². The van der Waals surface area contributed by atoms with Crippen LogP contribution < -0.4 is 15.6 Å². The molecular formula is C26H27ClFN3O5. The fourth-order valence-electron chi connectivity index (χ4n) is 4.65. The van der Waals surface area contributed by atoms with Gasteiger partial charge in [0, 0.05) is 36.8 Å². The molecule has 0 radical (unpaired) electrons. The molecule has 1 aliphatic rings. The maximum Gasteiger partial charge on any atom is 0.341 e. The average Bonchev–Trinajstić information content (AvgIpc) is 2.83. The average molecular weight is 516 g/mol. The van der Waals surface area contributed by atoms with Gasteiger partial charge in [0.15, 0.2) is 0 Å². The first-order valence-corrected chi connectivity index (χ1v) is 12.0. The van der Waals surface area contributed by atoms with Crippen LogP contribution in [-0.2, 0) is 11.2 Å². The van der Waals surface area contributed by atoms with Gasteiger partial charge in [0.1, 0.15) is 11.4 Å². The summed E-state index contributed by atoms with van der Waals surface area (Å²) in [6, 6.07) is 7.45. The summed E-state index contributed by atoms with van der Waals surface area (Å²) in [5, 5.41) is 22.7. The first kappa shape index (κ1) is 25.7. The van der Waals surface area contributed by atoms with Crippen molar-refractivity contribution in [2.24, 2.45) is 5.92 Å². The summed E-state index contributed by atoms with van der Waals surface area (Å²) < 4.78 is 16.4. The lowest BCUT2D eigenvalue weighted by Crippen LogP contribution is -2.48. The van der Waals surface area contributed by atoms with Crippen LogP contribution in [0.3, 0.4) is 0 Å². The summed E-state index contributed by atoms with van der Waals surface area (Å²) in [4.78, 5) is 39.2. The zero-order valence-corrected chi connectivity index (χ0v) is 20.7. The Bertz CT molecular complexity index is 1400. The Labute approximate surface area is 211 Å². The first-order chi connectivity index (χ1) is 17.1. The summed E-state index contributed by atoms with van der Waals surface area (Å²) in [5.74, 6) is -2.21. The van der Waals surface area contributed by atoms with Crippen LogP contribution in [0.4, 0.5) is 10.1 Å². The van der Waals surface area contributed by atoms with Crippen molar-refractivity contribution in [3.8, 4) is 0 Å². The monoisotopic (exact) mass is 515 g/mol. The van der Waals surface area contributed by atoms with Crippen molar-refractivity contribution in [3.05, 3.63) is 74.3 Å². The summed E-state index contributed by atoms with van der Waals surface area (Å²) in [5.41, 5.74) is 0.795. The molecule has 1 saturated heterocycles. The van der Waals surface area contributed by atoms with E-state index in [-0.39, 0.29) is 41.8 Å². The number of hydrogen-bond donors (Lipinski definition) is 3. The van der Waals surface area contributed by atoms with Gasteiger partial charge < -0.3 is 25.0 Å². The number of amides is 1. The number of aliphatic hydroxyl groups excluding tert-OH is 1. The molecule has 1 aromatic heterocycles. The second-order valence-electron chi connectivity index (χ2n) is 9.24. The van der Waals surface area contributed by atoms with Crippen LogP contribution in [0.15, 0.2) is 41.3 Å². The van der Waals surface area contributed by atoms with E-state index in [9.17, 15) is 29.0 Å². The van der Waals surface area contributed by atoms with Gasteiger partial charge in [-0.05, 0) is 35.2 Å². The molecule has 1 aliphatic heterocycles. The Kier molecular flexibility index (Phi) is 7.33. The number of pyridine rings is 1. The summed E-state index contributed by atoms with van der Waals surface area (Å²) in [6.07, 6.45) is 1.33. The highest BCUT2D eigenvalue weighted by Gasteiger charge is 2.25. The highest BCUT2D eigenvalue weighted by atomic mass is 35.5. The minimum Gasteiger partial charge on any atom is -0.477 e. The quantitative estimate of drug-likeness (QED) is 0.445. The number of fused-ring (bicyclic) bond motifs is 1. The van der Waals surface area contributed by atoms with Crippen LogP contribution in [-0.4, -0.2) is 52.9 Å². The lowest BCUT2D eigenvalue weighted by atomic mass is 9.97. The molecule has 2 aromatic carbocycles. The number of aromatic nitrogens is 1. The molecule has 2 heterocycles. The molecule has 10 heteroatoms. The van der Waals surface area contributed by atoms with Gasteiger partial charge in [-0.15, -0.1) is 0 Å². The normalized spacial score (nSPS) is 14.8. The van der Waals surface area contributed by atoms with Crippen molar-refractivity contribution in [1.29, 1.82) is 0 Å². The van der Waals surface area contributed by atoms with Crippen molar-refractivity contribution in [1.82, 2.24) is 9.88 Å². The van der Waals surface area contributed by atoms with E-state index >= 15 is 0 Å². The van der Waals surface area contributed by atoms with Crippen LogP contribution in [0.1, 0.15) is 41.4 Å². The Morgan fingerprint density at radius 2 is 1.97 bits per heavy atom. The largest absolute Gasteiger partial charge is 0.477 e. The number of rotatable bonds is 7. The number of aliphatic hydroxyl groups is 1. The zero-order chi connectivity index (χ0) is 26.1. The summed E-state index contributed by atoms with van der Waals surface area (Å²) in [7, 11) is 0. The molecule has 0 saturated carbocycles. The Hall–Kier alpha value is -3.43. The summed E-state index contributed by atoms with van der Waals surface area (Å²) in [6.45, 7) is 4.48. The molecule has 8 nitrogen and oxygen atoms in total. The number of benzene rings is 2. The zero-order valence-electron chi connectivity index (χ0n) is 19.9. The lowest BCUT2D eigenvalue weighted by Gasteiger charge is -2.32. The third-order valence-electron chi connectivity index (χ3n) is 6.57. The number of nitrogens with zero attached hydrogens (tertiary/aromatic N) is 2. The van der Waals surface area contributed by atoms with Crippen molar-refractivity contribution in [2.75, 3.05) is 31.1 Å². The number of halogens is 2. The molecule has 1 amide bonds. The van der Waals surface area contributed by atoms with Crippen LogP contribution in [0.5, 0.6) is 0 Å². The number of carboxylic acid groups (broad SMARTS) is 1. The lowest BCUT2D eigenvalue weighted by molar-refractivity contribution is -0.120. The van der Waals surface area contributed by atoms with Gasteiger partial charge in [0.2, 0.25) is 11.3 Å². The molecule has 0 unspecified atom stereocenters. The molecule has 0 aliphatic carbocycles. The Morgan fingerprint density at radius 3 is 2.61 bits per heavy atom. The van der Waals surface area contributed by atoms with E-state index < -0.39 is 28.8 Å². The second-order valence-corrected chi connectivity index (χ2v) is 9.64. The van der Waals surface area contributed by atoms with Gasteiger partial charge in [0.05, 0.1) is 29.7 Å². The summed E-state index contributed by atoms with van der Waals surface area (Å²) >= 11 is 5.98. The maximum atomic E-state index is 14.8. The third kappa shape index (κ3) is 4.81. The molecule has 1 fully saturated rings. The number of carbonyl (C=O) groups excluding carboxylic acids is 1. The van der Waals surface area contributed by atoms with Crippen molar-refractivity contribution >= 4 is 40.1 Å². The third-order valence-corrected chi connectivity index (χ3v) is 6.86. The van der Waals surface area contributed by atoms with E-state index in [0.717, 1.165) is 0 Å². The fraction of sp³-hybridized carbons (Fsp3) is 0.346. The minimum absolute atomic E-state index is 0.0366.